The molecule has 118 valence electrons. The summed E-state index contributed by atoms with van der Waals surface area (Å²) in [6.07, 6.45) is 5.30. The summed E-state index contributed by atoms with van der Waals surface area (Å²) in [4.78, 5) is 15.7. The quantitative estimate of drug-likeness (QED) is 0.332. The molecular weight excluding hydrogens is 324 g/mol. The number of terminal acetylenes is 1. The van der Waals surface area contributed by atoms with Gasteiger partial charge in [-0.05, 0) is 6.07 Å². The molecule has 2 aromatic carbocycles. The van der Waals surface area contributed by atoms with Crippen LogP contribution in [-0.4, -0.2) is 25.9 Å². The molecule has 0 bridgehead atoms. The molecule has 0 aliphatic rings. The van der Waals surface area contributed by atoms with Gasteiger partial charge in [-0.3, -0.25) is 15.2 Å². The second-order valence-corrected chi connectivity index (χ2v) is 5.82. The first-order valence-electron chi connectivity index (χ1n) is 7.02. The van der Waals surface area contributed by atoms with E-state index in [9.17, 15) is 10.1 Å². The van der Waals surface area contributed by atoms with Gasteiger partial charge in [0, 0.05) is 28.2 Å². The predicted octanol–water partition coefficient (Wildman–Crippen LogP) is 3.77. The van der Waals surface area contributed by atoms with Crippen molar-refractivity contribution < 1.29 is 4.92 Å². The zero-order valence-electron chi connectivity index (χ0n) is 12.5. The first-order valence-corrected chi connectivity index (χ1v) is 8.00. The molecule has 0 saturated heterocycles. The van der Waals surface area contributed by atoms with Crippen LogP contribution in [0.15, 0.2) is 53.4 Å². The summed E-state index contributed by atoms with van der Waals surface area (Å²) in [5, 5.41) is 18.1. The lowest BCUT2D eigenvalue weighted by molar-refractivity contribution is -0.385. The minimum absolute atomic E-state index is 0.0149. The highest BCUT2D eigenvalue weighted by Gasteiger charge is 2.15. The van der Waals surface area contributed by atoms with E-state index >= 15 is 0 Å². The molecule has 0 amide bonds. The van der Waals surface area contributed by atoms with E-state index in [0.29, 0.717) is 22.3 Å². The first kappa shape index (κ1) is 15.8. The third-order valence-electron chi connectivity index (χ3n) is 3.26. The molecule has 3 rings (SSSR count). The molecule has 1 heterocycles. The van der Waals surface area contributed by atoms with Gasteiger partial charge in [-0.2, -0.15) is 5.10 Å². The monoisotopic (exact) mass is 336 g/mol. The van der Waals surface area contributed by atoms with Gasteiger partial charge >= 0.3 is 0 Å². The van der Waals surface area contributed by atoms with Gasteiger partial charge in [0.15, 0.2) is 11.6 Å². The third kappa shape index (κ3) is 3.29. The number of nitrogens with one attached hydrogen (secondary N) is 1. The number of hydrogen-bond acceptors (Lipinski definition) is 5. The number of benzene rings is 2. The van der Waals surface area contributed by atoms with Crippen LogP contribution in [0.4, 0.5) is 5.69 Å². The van der Waals surface area contributed by atoms with Crippen molar-refractivity contribution >= 4 is 17.4 Å². The second-order valence-electron chi connectivity index (χ2n) is 4.80. The Morgan fingerprint density at radius 2 is 2.04 bits per heavy atom. The van der Waals surface area contributed by atoms with Crippen LogP contribution < -0.4 is 0 Å². The average molecular weight is 336 g/mol. The van der Waals surface area contributed by atoms with Crippen molar-refractivity contribution in [3.05, 3.63) is 58.6 Å². The van der Waals surface area contributed by atoms with Gasteiger partial charge in [-0.15, -0.1) is 18.2 Å². The van der Waals surface area contributed by atoms with Crippen LogP contribution in [0.5, 0.6) is 0 Å². The molecule has 3 aromatic rings. The summed E-state index contributed by atoms with van der Waals surface area (Å²) >= 11 is 1.35. The Kier molecular flexibility index (Phi) is 4.59. The molecule has 0 unspecified atom stereocenters. The average Bonchev–Trinajstić information content (AvgIpc) is 3.10. The maximum Gasteiger partial charge on any atom is 0.270 e. The van der Waals surface area contributed by atoms with Gasteiger partial charge < -0.3 is 0 Å². The van der Waals surface area contributed by atoms with Gasteiger partial charge in [0.2, 0.25) is 0 Å². The lowest BCUT2D eigenvalue weighted by atomic mass is 10.2. The van der Waals surface area contributed by atoms with Crippen LogP contribution in [0, 0.1) is 22.5 Å². The molecule has 0 aliphatic heterocycles. The lowest BCUT2D eigenvalue weighted by Gasteiger charge is -2.05. The normalized spacial score (nSPS) is 10.3. The maximum atomic E-state index is 11.0. The van der Waals surface area contributed by atoms with Gasteiger partial charge in [0.25, 0.3) is 5.69 Å². The Morgan fingerprint density at radius 3 is 2.75 bits per heavy atom. The van der Waals surface area contributed by atoms with E-state index < -0.39 is 4.92 Å². The molecular formula is C17H12N4O2S. The van der Waals surface area contributed by atoms with Crippen LogP contribution in [0.3, 0.4) is 0 Å². The number of aromatic amines is 1. The van der Waals surface area contributed by atoms with Crippen molar-refractivity contribution in [3.8, 4) is 35.1 Å². The van der Waals surface area contributed by atoms with E-state index in [0.717, 1.165) is 11.1 Å². The third-order valence-corrected chi connectivity index (χ3v) is 4.22. The largest absolute Gasteiger partial charge is 0.270 e. The summed E-state index contributed by atoms with van der Waals surface area (Å²) in [5.41, 5.74) is 1.64. The fourth-order valence-electron chi connectivity index (χ4n) is 2.16. The van der Waals surface area contributed by atoms with Crippen LogP contribution in [0.25, 0.3) is 22.8 Å². The smallest absolute Gasteiger partial charge is 0.259 e. The number of non-ortho nitro benzene ring substituents is 1. The molecule has 0 spiro atoms. The highest BCUT2D eigenvalue weighted by atomic mass is 32.2. The molecule has 0 saturated carbocycles. The molecule has 24 heavy (non-hydrogen) atoms. The highest BCUT2D eigenvalue weighted by Crippen LogP contribution is 2.33. The number of thioether (sulfide) groups is 1. The standard InChI is InChI=1S/C17H12N4O2S/c1-2-10-24-15-11-13(21(22)23)8-9-14(15)17-18-16(19-20-17)12-6-4-3-5-7-12/h1,3-9,11H,10H2,(H,18,19,20). The van der Waals surface area contributed by atoms with Gasteiger partial charge in [-0.1, -0.05) is 36.3 Å². The van der Waals surface area contributed by atoms with Crippen LogP contribution >= 0.6 is 11.8 Å². The van der Waals surface area contributed by atoms with Crippen molar-refractivity contribution in [1.82, 2.24) is 15.2 Å². The number of nitrogens with zero attached hydrogens (tertiary/aromatic N) is 3. The Labute approximate surface area is 142 Å². The van der Waals surface area contributed by atoms with E-state index in [-0.39, 0.29) is 5.69 Å². The summed E-state index contributed by atoms with van der Waals surface area (Å²) in [5.74, 6) is 4.04. The van der Waals surface area contributed by atoms with Gasteiger partial charge in [0.1, 0.15) is 0 Å². The zero-order chi connectivity index (χ0) is 16.9. The van der Waals surface area contributed by atoms with Crippen molar-refractivity contribution in [3.63, 3.8) is 0 Å². The molecule has 0 atom stereocenters. The van der Waals surface area contributed by atoms with Crippen molar-refractivity contribution in [2.45, 2.75) is 4.90 Å². The predicted molar refractivity (Wildman–Crippen MR) is 93.5 cm³/mol. The first-order chi connectivity index (χ1) is 11.7. The van der Waals surface area contributed by atoms with Gasteiger partial charge in [0.05, 0.1) is 10.7 Å². The summed E-state index contributed by atoms with van der Waals surface area (Å²) in [6, 6.07) is 14.2. The van der Waals surface area contributed by atoms with Crippen LogP contribution in [0.1, 0.15) is 0 Å². The number of H-pyrrole nitrogens is 1. The molecule has 7 heteroatoms. The number of nitro groups is 1. The van der Waals surface area contributed by atoms with E-state index in [1.54, 1.807) is 6.07 Å². The minimum atomic E-state index is -0.431. The molecule has 0 radical (unpaired) electrons. The van der Waals surface area contributed by atoms with E-state index in [2.05, 4.69) is 21.1 Å². The van der Waals surface area contributed by atoms with E-state index in [1.807, 2.05) is 30.3 Å². The van der Waals surface area contributed by atoms with Crippen molar-refractivity contribution in [2.24, 2.45) is 0 Å². The fraction of sp³-hybridized carbons (Fsp3) is 0.0588. The molecule has 0 aliphatic carbocycles. The zero-order valence-corrected chi connectivity index (χ0v) is 13.3. The van der Waals surface area contributed by atoms with E-state index in [4.69, 9.17) is 6.42 Å². The Hall–Kier alpha value is -3.11. The molecule has 6 nitrogen and oxygen atoms in total. The number of rotatable bonds is 5. The Morgan fingerprint density at radius 1 is 1.25 bits per heavy atom. The van der Waals surface area contributed by atoms with E-state index in [1.165, 1.54) is 23.9 Å². The van der Waals surface area contributed by atoms with Crippen LogP contribution in [-0.2, 0) is 0 Å². The Balaban J connectivity index is 2.01. The molecule has 1 aromatic heterocycles. The molecule has 1 N–H and O–H groups in total. The molecule has 0 fully saturated rings. The topological polar surface area (TPSA) is 84.7 Å². The SMILES string of the molecule is C#CCSc1cc([N+](=O)[O-])ccc1-c1nc(-c2ccccc2)n[nH]1. The summed E-state index contributed by atoms with van der Waals surface area (Å²) in [7, 11) is 0. The maximum absolute atomic E-state index is 11.0. The summed E-state index contributed by atoms with van der Waals surface area (Å²) in [6.45, 7) is 0. The second kappa shape index (κ2) is 6.98. The lowest BCUT2D eigenvalue weighted by Crippen LogP contribution is -1.91. The highest BCUT2D eigenvalue weighted by molar-refractivity contribution is 7.99. The van der Waals surface area contributed by atoms with Crippen LogP contribution in [0.2, 0.25) is 0 Å². The minimum Gasteiger partial charge on any atom is -0.259 e. The van der Waals surface area contributed by atoms with Gasteiger partial charge in [-0.25, -0.2) is 4.98 Å². The fourth-order valence-corrected chi connectivity index (χ4v) is 2.92. The van der Waals surface area contributed by atoms with Crippen molar-refractivity contribution in [1.29, 1.82) is 0 Å². The summed E-state index contributed by atoms with van der Waals surface area (Å²) < 4.78 is 0. The van der Waals surface area contributed by atoms with Crippen molar-refractivity contribution in [2.75, 3.05) is 5.75 Å². The number of aromatic nitrogens is 3. The Bertz CT molecular complexity index is 916. The number of hydrogen-bond donors (Lipinski definition) is 1. The number of nitro benzene ring substituents is 1.